The molecule has 0 fully saturated rings. The summed E-state index contributed by atoms with van der Waals surface area (Å²) >= 11 is 0. The van der Waals surface area contributed by atoms with E-state index in [1.165, 1.54) is 64.2 Å². The fourth-order valence-corrected chi connectivity index (χ4v) is 2.49. The highest BCUT2D eigenvalue weighted by molar-refractivity contribution is 5.69. The summed E-state index contributed by atoms with van der Waals surface area (Å²) in [5, 5.41) is 9.30. The second-order valence-electron chi connectivity index (χ2n) is 6.38. The summed E-state index contributed by atoms with van der Waals surface area (Å²) in [4.78, 5) is 11.4. The second kappa shape index (κ2) is 16.8. The van der Waals surface area contributed by atoms with Crippen molar-refractivity contribution in [2.75, 3.05) is 6.61 Å². The quantitative estimate of drug-likeness (QED) is 0.307. The Kier molecular flexibility index (Phi) is 16.4. The topological polar surface area (TPSA) is 46.5 Å². The predicted molar refractivity (Wildman–Crippen MR) is 93.0 cm³/mol. The standard InChI is InChI=1S/C19H38O3/c1-3-5-6-7-8-9-10-11-12-13-14-15-16-19(21)22-17-18(20)4-2/h18,20H,3-17H2,1-2H3. The second-order valence-corrected chi connectivity index (χ2v) is 6.38. The van der Waals surface area contributed by atoms with E-state index >= 15 is 0 Å². The first-order valence-corrected chi connectivity index (χ1v) is 9.54. The number of unbranched alkanes of at least 4 members (excludes halogenated alkanes) is 11. The van der Waals surface area contributed by atoms with Gasteiger partial charge < -0.3 is 9.84 Å². The molecule has 0 bridgehead atoms. The van der Waals surface area contributed by atoms with Gasteiger partial charge in [-0.2, -0.15) is 0 Å². The van der Waals surface area contributed by atoms with E-state index in [0.29, 0.717) is 12.8 Å². The smallest absolute Gasteiger partial charge is 0.305 e. The largest absolute Gasteiger partial charge is 0.463 e. The molecule has 1 N–H and O–H groups in total. The van der Waals surface area contributed by atoms with Crippen molar-refractivity contribution in [3.8, 4) is 0 Å². The first-order chi connectivity index (χ1) is 10.7. The van der Waals surface area contributed by atoms with Crippen LogP contribution in [0.2, 0.25) is 0 Å². The molecule has 3 nitrogen and oxygen atoms in total. The Morgan fingerprint density at radius 2 is 1.27 bits per heavy atom. The Morgan fingerprint density at radius 3 is 1.73 bits per heavy atom. The molecule has 0 saturated heterocycles. The maximum Gasteiger partial charge on any atom is 0.305 e. The summed E-state index contributed by atoms with van der Waals surface area (Å²) < 4.78 is 5.01. The molecule has 1 unspecified atom stereocenters. The highest BCUT2D eigenvalue weighted by Crippen LogP contribution is 2.12. The van der Waals surface area contributed by atoms with Crippen LogP contribution >= 0.6 is 0 Å². The summed E-state index contributed by atoms with van der Waals surface area (Å²) in [5.74, 6) is -0.167. The molecular weight excluding hydrogens is 276 g/mol. The lowest BCUT2D eigenvalue weighted by molar-refractivity contribution is -0.146. The minimum atomic E-state index is -0.508. The molecule has 0 rings (SSSR count). The van der Waals surface area contributed by atoms with Gasteiger partial charge in [0, 0.05) is 6.42 Å². The van der Waals surface area contributed by atoms with Crippen LogP contribution in [-0.4, -0.2) is 23.8 Å². The predicted octanol–water partition coefficient (Wildman–Crippen LogP) is 5.39. The average molecular weight is 315 g/mol. The number of rotatable bonds is 16. The summed E-state index contributed by atoms with van der Waals surface area (Å²) in [6.45, 7) is 4.28. The van der Waals surface area contributed by atoms with Gasteiger partial charge in [0.05, 0.1) is 6.10 Å². The van der Waals surface area contributed by atoms with E-state index in [1.807, 2.05) is 6.92 Å². The van der Waals surface area contributed by atoms with E-state index in [9.17, 15) is 9.90 Å². The molecule has 0 aromatic rings. The maximum absolute atomic E-state index is 11.4. The van der Waals surface area contributed by atoms with Crippen molar-refractivity contribution in [3.63, 3.8) is 0 Å². The van der Waals surface area contributed by atoms with Crippen molar-refractivity contribution in [2.24, 2.45) is 0 Å². The highest BCUT2D eigenvalue weighted by Gasteiger charge is 2.06. The molecule has 132 valence electrons. The summed E-state index contributed by atoms with van der Waals surface area (Å²) in [7, 11) is 0. The summed E-state index contributed by atoms with van der Waals surface area (Å²) in [6, 6.07) is 0. The van der Waals surface area contributed by atoms with Gasteiger partial charge in [0.25, 0.3) is 0 Å². The SMILES string of the molecule is CCCCCCCCCCCCCCC(=O)OCC(O)CC. The third kappa shape index (κ3) is 15.8. The van der Waals surface area contributed by atoms with Crippen molar-refractivity contribution in [1.29, 1.82) is 0 Å². The molecule has 3 heteroatoms. The minimum Gasteiger partial charge on any atom is -0.463 e. The molecule has 0 aliphatic carbocycles. The molecule has 0 aromatic heterocycles. The number of hydrogen-bond acceptors (Lipinski definition) is 3. The van der Waals surface area contributed by atoms with E-state index in [-0.39, 0.29) is 12.6 Å². The molecule has 0 amide bonds. The van der Waals surface area contributed by atoms with Crippen LogP contribution in [0.5, 0.6) is 0 Å². The van der Waals surface area contributed by atoms with E-state index < -0.39 is 6.10 Å². The molecular formula is C19H38O3. The number of aliphatic hydroxyl groups excluding tert-OH is 1. The number of carbonyl (C=O) groups is 1. The van der Waals surface area contributed by atoms with Gasteiger partial charge in [0.1, 0.15) is 6.61 Å². The third-order valence-corrected chi connectivity index (χ3v) is 4.14. The molecule has 0 aromatic carbocycles. The van der Waals surface area contributed by atoms with Crippen LogP contribution in [0.25, 0.3) is 0 Å². The summed E-state index contributed by atoms with van der Waals surface area (Å²) in [5.41, 5.74) is 0. The molecule has 0 aliphatic heterocycles. The van der Waals surface area contributed by atoms with Gasteiger partial charge in [-0.25, -0.2) is 0 Å². The molecule has 1 atom stereocenters. The van der Waals surface area contributed by atoms with Crippen molar-refractivity contribution < 1.29 is 14.6 Å². The van der Waals surface area contributed by atoms with Crippen LogP contribution < -0.4 is 0 Å². The van der Waals surface area contributed by atoms with Gasteiger partial charge in [0.2, 0.25) is 0 Å². The monoisotopic (exact) mass is 314 g/mol. The van der Waals surface area contributed by atoms with Crippen LogP contribution in [0.4, 0.5) is 0 Å². The van der Waals surface area contributed by atoms with Crippen LogP contribution in [-0.2, 0) is 9.53 Å². The fraction of sp³-hybridized carbons (Fsp3) is 0.947. The van der Waals surface area contributed by atoms with Gasteiger partial charge in [-0.05, 0) is 12.8 Å². The van der Waals surface area contributed by atoms with Gasteiger partial charge in [-0.3, -0.25) is 4.79 Å². The van der Waals surface area contributed by atoms with Crippen LogP contribution in [0.3, 0.4) is 0 Å². The van der Waals surface area contributed by atoms with Crippen molar-refractivity contribution >= 4 is 5.97 Å². The van der Waals surface area contributed by atoms with Crippen molar-refractivity contribution in [2.45, 2.75) is 110 Å². The number of esters is 1. The van der Waals surface area contributed by atoms with E-state index in [0.717, 1.165) is 12.8 Å². The Morgan fingerprint density at radius 1 is 0.818 bits per heavy atom. The maximum atomic E-state index is 11.4. The van der Waals surface area contributed by atoms with Crippen molar-refractivity contribution in [3.05, 3.63) is 0 Å². The first-order valence-electron chi connectivity index (χ1n) is 9.54. The Labute approximate surface area is 137 Å². The van der Waals surface area contributed by atoms with E-state index in [2.05, 4.69) is 6.92 Å². The zero-order chi connectivity index (χ0) is 16.5. The highest BCUT2D eigenvalue weighted by atomic mass is 16.5. The van der Waals surface area contributed by atoms with Gasteiger partial charge in [-0.1, -0.05) is 84.5 Å². The number of hydrogen-bond donors (Lipinski definition) is 1. The number of carbonyl (C=O) groups excluding carboxylic acids is 1. The molecule has 0 spiro atoms. The van der Waals surface area contributed by atoms with Crippen LogP contribution in [0.1, 0.15) is 104 Å². The van der Waals surface area contributed by atoms with E-state index in [1.54, 1.807) is 0 Å². The van der Waals surface area contributed by atoms with Gasteiger partial charge in [-0.15, -0.1) is 0 Å². The average Bonchev–Trinajstić information content (AvgIpc) is 2.53. The molecule has 0 heterocycles. The third-order valence-electron chi connectivity index (χ3n) is 4.14. The lowest BCUT2D eigenvalue weighted by Crippen LogP contribution is -2.17. The van der Waals surface area contributed by atoms with Gasteiger partial charge in [0.15, 0.2) is 0 Å². The van der Waals surface area contributed by atoms with Crippen LogP contribution in [0, 0.1) is 0 Å². The molecule has 22 heavy (non-hydrogen) atoms. The lowest BCUT2D eigenvalue weighted by Gasteiger charge is -2.08. The lowest BCUT2D eigenvalue weighted by atomic mass is 10.0. The number of aliphatic hydroxyl groups is 1. The normalized spacial score (nSPS) is 12.3. The first kappa shape index (κ1) is 21.4. The van der Waals surface area contributed by atoms with Crippen LogP contribution in [0.15, 0.2) is 0 Å². The minimum absolute atomic E-state index is 0.146. The number of ether oxygens (including phenoxy) is 1. The Hall–Kier alpha value is -0.570. The Balaban J connectivity index is 3.15. The summed E-state index contributed by atoms with van der Waals surface area (Å²) in [6.07, 6.45) is 16.2. The molecule has 0 saturated carbocycles. The zero-order valence-corrected chi connectivity index (χ0v) is 14.9. The molecule has 0 aliphatic rings. The van der Waals surface area contributed by atoms with Crippen molar-refractivity contribution in [1.82, 2.24) is 0 Å². The Bertz CT molecular complexity index is 241. The van der Waals surface area contributed by atoms with E-state index in [4.69, 9.17) is 4.74 Å². The fourth-order valence-electron chi connectivity index (χ4n) is 2.49. The zero-order valence-electron chi connectivity index (χ0n) is 14.9. The van der Waals surface area contributed by atoms with Gasteiger partial charge >= 0.3 is 5.97 Å². The molecule has 0 radical (unpaired) electrons.